The normalized spacial score (nSPS) is 10.5. The number of nitrogens with one attached hydrogen (secondary N) is 1. The molecule has 0 saturated heterocycles. The third-order valence-electron chi connectivity index (χ3n) is 2.89. The summed E-state index contributed by atoms with van der Waals surface area (Å²) in [6.07, 6.45) is 2.46. The first-order valence-electron chi connectivity index (χ1n) is 6.55. The standard InChI is InChI=1S/C15H16N2O3S/c18-13(9-21-10-14(19)20)16-8-6-12-4-1-3-11-5-2-7-17-15(11)12/h1-5,7H,6,8-10H2,(H,16,18)(H,19,20). The van der Waals surface area contributed by atoms with E-state index in [1.54, 1.807) is 6.20 Å². The van der Waals surface area contributed by atoms with E-state index in [-0.39, 0.29) is 17.4 Å². The molecule has 0 atom stereocenters. The number of thioether (sulfide) groups is 1. The molecule has 5 nitrogen and oxygen atoms in total. The van der Waals surface area contributed by atoms with Crippen molar-refractivity contribution in [2.75, 3.05) is 18.1 Å². The summed E-state index contributed by atoms with van der Waals surface area (Å²) in [6, 6.07) is 9.89. The molecule has 2 aromatic rings. The second-order valence-corrected chi connectivity index (χ2v) is 5.46. The van der Waals surface area contributed by atoms with Crippen molar-refractivity contribution in [3.63, 3.8) is 0 Å². The van der Waals surface area contributed by atoms with Crippen molar-refractivity contribution in [1.29, 1.82) is 0 Å². The maximum Gasteiger partial charge on any atom is 0.313 e. The fourth-order valence-corrected chi connectivity index (χ4v) is 2.55. The molecule has 0 aliphatic heterocycles. The fraction of sp³-hybridized carbons (Fsp3) is 0.267. The second kappa shape index (κ2) is 7.64. The van der Waals surface area contributed by atoms with Crippen molar-refractivity contribution in [3.8, 4) is 0 Å². The average Bonchev–Trinajstić information content (AvgIpc) is 2.47. The largest absolute Gasteiger partial charge is 0.481 e. The average molecular weight is 304 g/mol. The van der Waals surface area contributed by atoms with Crippen LogP contribution in [0, 0.1) is 0 Å². The summed E-state index contributed by atoms with van der Waals surface area (Å²) >= 11 is 1.09. The molecular weight excluding hydrogens is 288 g/mol. The van der Waals surface area contributed by atoms with Gasteiger partial charge in [-0.3, -0.25) is 14.6 Å². The number of benzene rings is 1. The number of hydrogen-bond acceptors (Lipinski definition) is 4. The lowest BCUT2D eigenvalue weighted by Crippen LogP contribution is -2.27. The highest BCUT2D eigenvalue weighted by molar-refractivity contribution is 8.00. The number of fused-ring (bicyclic) bond motifs is 1. The Balaban J connectivity index is 1.82. The van der Waals surface area contributed by atoms with E-state index in [1.165, 1.54) is 0 Å². The summed E-state index contributed by atoms with van der Waals surface area (Å²) in [4.78, 5) is 26.2. The Morgan fingerprint density at radius 1 is 1.19 bits per heavy atom. The van der Waals surface area contributed by atoms with E-state index in [0.29, 0.717) is 13.0 Å². The number of carbonyl (C=O) groups is 2. The number of hydrogen-bond donors (Lipinski definition) is 2. The first kappa shape index (κ1) is 15.3. The van der Waals surface area contributed by atoms with Gasteiger partial charge in [-0.05, 0) is 18.1 Å². The van der Waals surface area contributed by atoms with E-state index in [2.05, 4.69) is 10.3 Å². The zero-order valence-corrected chi connectivity index (χ0v) is 12.2. The van der Waals surface area contributed by atoms with Crippen molar-refractivity contribution in [3.05, 3.63) is 42.1 Å². The highest BCUT2D eigenvalue weighted by Crippen LogP contribution is 2.15. The Hall–Kier alpha value is -2.08. The number of carboxylic acids is 1. The molecule has 0 saturated carbocycles. The van der Waals surface area contributed by atoms with Crippen LogP contribution in [0.2, 0.25) is 0 Å². The smallest absolute Gasteiger partial charge is 0.313 e. The summed E-state index contributed by atoms with van der Waals surface area (Å²) < 4.78 is 0. The van der Waals surface area contributed by atoms with E-state index in [1.807, 2.05) is 30.3 Å². The molecule has 6 heteroatoms. The Labute approximate surface area is 126 Å². The number of nitrogens with zero attached hydrogens (tertiary/aromatic N) is 1. The molecule has 0 radical (unpaired) electrons. The molecule has 0 aliphatic carbocycles. The zero-order valence-electron chi connectivity index (χ0n) is 11.4. The minimum absolute atomic E-state index is 0.0549. The van der Waals surface area contributed by atoms with Gasteiger partial charge in [0, 0.05) is 18.1 Å². The second-order valence-electron chi connectivity index (χ2n) is 4.48. The molecule has 1 amide bonds. The Bertz CT molecular complexity index is 640. The van der Waals surface area contributed by atoms with Gasteiger partial charge in [0.2, 0.25) is 5.91 Å². The lowest BCUT2D eigenvalue weighted by molar-refractivity contribution is -0.133. The molecule has 1 heterocycles. The van der Waals surface area contributed by atoms with Gasteiger partial charge in [0.05, 0.1) is 17.0 Å². The van der Waals surface area contributed by atoms with Crippen LogP contribution in [0.4, 0.5) is 0 Å². The van der Waals surface area contributed by atoms with Gasteiger partial charge in [0.15, 0.2) is 0 Å². The van der Waals surface area contributed by atoms with Gasteiger partial charge in [0.25, 0.3) is 0 Å². The molecule has 2 N–H and O–H groups in total. The lowest BCUT2D eigenvalue weighted by atomic mass is 10.1. The number of carbonyl (C=O) groups excluding carboxylic acids is 1. The van der Waals surface area contributed by atoms with E-state index in [4.69, 9.17) is 5.11 Å². The van der Waals surface area contributed by atoms with E-state index in [9.17, 15) is 9.59 Å². The van der Waals surface area contributed by atoms with Crippen LogP contribution >= 0.6 is 11.8 Å². The summed E-state index contributed by atoms with van der Waals surface area (Å²) in [5.74, 6) is -0.940. The quantitative estimate of drug-likeness (QED) is 0.814. The third-order valence-corrected chi connectivity index (χ3v) is 3.81. The molecule has 0 fully saturated rings. The van der Waals surface area contributed by atoms with Crippen molar-refractivity contribution in [2.24, 2.45) is 0 Å². The van der Waals surface area contributed by atoms with Crippen LogP contribution in [0.1, 0.15) is 5.56 Å². The summed E-state index contributed by atoms with van der Waals surface area (Å²) in [5.41, 5.74) is 2.04. The van der Waals surface area contributed by atoms with Crippen molar-refractivity contribution in [1.82, 2.24) is 10.3 Å². The number of rotatable bonds is 7. The van der Waals surface area contributed by atoms with Crippen LogP contribution in [-0.2, 0) is 16.0 Å². The predicted molar refractivity (Wildman–Crippen MR) is 83.4 cm³/mol. The summed E-state index contributed by atoms with van der Waals surface area (Å²) in [7, 11) is 0. The van der Waals surface area contributed by atoms with Gasteiger partial charge in [-0.15, -0.1) is 11.8 Å². The summed E-state index contributed by atoms with van der Waals surface area (Å²) in [6.45, 7) is 0.516. The molecule has 1 aromatic carbocycles. The minimum atomic E-state index is -0.908. The first-order chi connectivity index (χ1) is 10.2. The van der Waals surface area contributed by atoms with Crippen LogP contribution in [0.15, 0.2) is 36.5 Å². The van der Waals surface area contributed by atoms with Gasteiger partial charge >= 0.3 is 5.97 Å². The van der Waals surface area contributed by atoms with Crippen LogP contribution in [-0.4, -0.2) is 40.0 Å². The molecule has 2 rings (SSSR count). The van der Waals surface area contributed by atoms with Crippen LogP contribution in [0.3, 0.4) is 0 Å². The molecule has 1 aromatic heterocycles. The van der Waals surface area contributed by atoms with Gasteiger partial charge in [-0.1, -0.05) is 24.3 Å². The third kappa shape index (κ3) is 4.75. The number of para-hydroxylation sites is 1. The molecule has 110 valence electrons. The van der Waals surface area contributed by atoms with Gasteiger partial charge in [-0.25, -0.2) is 0 Å². The monoisotopic (exact) mass is 304 g/mol. The van der Waals surface area contributed by atoms with Gasteiger partial charge in [0.1, 0.15) is 0 Å². The highest BCUT2D eigenvalue weighted by Gasteiger charge is 2.05. The van der Waals surface area contributed by atoms with E-state index in [0.717, 1.165) is 28.2 Å². The van der Waals surface area contributed by atoms with Crippen molar-refractivity contribution in [2.45, 2.75) is 6.42 Å². The van der Waals surface area contributed by atoms with E-state index < -0.39 is 5.97 Å². The van der Waals surface area contributed by atoms with Crippen LogP contribution in [0.5, 0.6) is 0 Å². The topological polar surface area (TPSA) is 79.3 Å². The SMILES string of the molecule is O=C(O)CSCC(=O)NCCc1cccc2cccnc12. The van der Waals surface area contributed by atoms with Crippen molar-refractivity contribution >= 4 is 34.5 Å². The fourth-order valence-electron chi connectivity index (χ4n) is 1.99. The van der Waals surface area contributed by atoms with Crippen LogP contribution in [0.25, 0.3) is 10.9 Å². The van der Waals surface area contributed by atoms with Crippen LogP contribution < -0.4 is 5.32 Å². The van der Waals surface area contributed by atoms with Crippen molar-refractivity contribution < 1.29 is 14.7 Å². The van der Waals surface area contributed by atoms with Gasteiger partial charge in [-0.2, -0.15) is 0 Å². The highest BCUT2D eigenvalue weighted by atomic mass is 32.2. The number of aliphatic carboxylic acids is 1. The Morgan fingerprint density at radius 3 is 2.81 bits per heavy atom. The molecule has 21 heavy (non-hydrogen) atoms. The number of amides is 1. The molecule has 0 unspecified atom stereocenters. The number of pyridine rings is 1. The lowest BCUT2D eigenvalue weighted by Gasteiger charge is -2.07. The Morgan fingerprint density at radius 2 is 2.00 bits per heavy atom. The molecule has 0 aliphatic rings. The zero-order chi connectivity index (χ0) is 15.1. The summed E-state index contributed by atoms with van der Waals surface area (Å²) in [5, 5.41) is 12.4. The Kier molecular flexibility index (Phi) is 5.57. The van der Waals surface area contributed by atoms with Gasteiger partial charge < -0.3 is 10.4 Å². The maximum atomic E-state index is 11.5. The van der Waals surface area contributed by atoms with E-state index >= 15 is 0 Å². The minimum Gasteiger partial charge on any atom is -0.481 e. The predicted octanol–water partition coefficient (Wildman–Crippen LogP) is 1.71. The molecule has 0 bridgehead atoms. The first-order valence-corrected chi connectivity index (χ1v) is 7.71. The molecular formula is C15H16N2O3S. The molecule has 0 spiro atoms. The number of carboxylic acid groups (broad SMARTS) is 1. The number of aromatic nitrogens is 1. The maximum absolute atomic E-state index is 11.5.